The molecule has 1 aromatic rings. The molecule has 2 rings (SSSR count). The SMILES string of the molecule is Cc1ccc(N)cc1S(=O)(=O)N1CCSCC1. The zero-order valence-corrected chi connectivity index (χ0v) is 11.4. The van der Waals surface area contributed by atoms with Gasteiger partial charge in [-0.1, -0.05) is 6.07 Å². The monoisotopic (exact) mass is 272 g/mol. The van der Waals surface area contributed by atoms with Crippen LogP contribution in [0.5, 0.6) is 0 Å². The van der Waals surface area contributed by atoms with Gasteiger partial charge in [0.2, 0.25) is 10.0 Å². The number of nitrogens with zero attached hydrogens (tertiary/aromatic N) is 1. The van der Waals surface area contributed by atoms with Crippen LogP contribution in [0.25, 0.3) is 0 Å². The Hall–Kier alpha value is -0.720. The van der Waals surface area contributed by atoms with Gasteiger partial charge in [-0.3, -0.25) is 0 Å². The lowest BCUT2D eigenvalue weighted by molar-refractivity contribution is 0.443. The number of nitrogens with two attached hydrogens (primary N) is 1. The lowest BCUT2D eigenvalue weighted by Gasteiger charge is -2.26. The predicted octanol–water partition coefficient (Wildman–Crippen LogP) is 1.31. The van der Waals surface area contributed by atoms with E-state index < -0.39 is 10.0 Å². The van der Waals surface area contributed by atoms with E-state index in [1.165, 1.54) is 0 Å². The fraction of sp³-hybridized carbons (Fsp3) is 0.455. The van der Waals surface area contributed by atoms with Gasteiger partial charge in [0.15, 0.2) is 0 Å². The van der Waals surface area contributed by atoms with Crippen LogP contribution in [0.4, 0.5) is 5.69 Å². The normalized spacial score (nSPS) is 18.2. The summed E-state index contributed by atoms with van der Waals surface area (Å²) in [6.45, 7) is 2.97. The molecule has 1 aromatic carbocycles. The van der Waals surface area contributed by atoms with Crippen LogP contribution in [0.15, 0.2) is 23.1 Å². The van der Waals surface area contributed by atoms with Gasteiger partial charge in [-0.15, -0.1) is 0 Å². The molecule has 0 atom stereocenters. The van der Waals surface area contributed by atoms with Gasteiger partial charge >= 0.3 is 0 Å². The number of hydrogen-bond acceptors (Lipinski definition) is 4. The van der Waals surface area contributed by atoms with Crippen LogP contribution in [-0.4, -0.2) is 37.3 Å². The Bertz CT molecular complexity index is 508. The molecule has 6 heteroatoms. The molecular formula is C11H16N2O2S2. The van der Waals surface area contributed by atoms with Gasteiger partial charge < -0.3 is 5.73 Å². The van der Waals surface area contributed by atoms with Gasteiger partial charge in [-0.2, -0.15) is 16.1 Å². The van der Waals surface area contributed by atoms with Gasteiger partial charge in [0, 0.05) is 30.3 Å². The minimum atomic E-state index is -3.38. The first-order chi connectivity index (χ1) is 8.01. The average Bonchev–Trinajstić information content (AvgIpc) is 2.33. The number of sulfonamides is 1. The largest absolute Gasteiger partial charge is 0.399 e. The quantitative estimate of drug-likeness (QED) is 0.825. The van der Waals surface area contributed by atoms with Crippen LogP contribution < -0.4 is 5.73 Å². The smallest absolute Gasteiger partial charge is 0.243 e. The Morgan fingerprint density at radius 1 is 1.29 bits per heavy atom. The van der Waals surface area contributed by atoms with Gasteiger partial charge in [0.1, 0.15) is 0 Å². The summed E-state index contributed by atoms with van der Waals surface area (Å²) in [7, 11) is -3.38. The Labute approximate surface area is 106 Å². The molecule has 1 saturated heterocycles. The molecule has 0 amide bonds. The Morgan fingerprint density at radius 3 is 2.59 bits per heavy atom. The van der Waals surface area contributed by atoms with E-state index in [1.54, 1.807) is 41.2 Å². The van der Waals surface area contributed by atoms with E-state index in [9.17, 15) is 8.42 Å². The standard InChI is InChI=1S/C11H16N2O2S2/c1-9-2-3-10(12)8-11(9)17(14,15)13-4-6-16-7-5-13/h2-3,8H,4-7,12H2,1H3. The number of hydrogen-bond donors (Lipinski definition) is 1. The maximum atomic E-state index is 12.4. The number of thioether (sulfide) groups is 1. The zero-order chi connectivity index (χ0) is 12.5. The van der Waals surface area contributed by atoms with Crippen molar-refractivity contribution in [3.8, 4) is 0 Å². The fourth-order valence-corrected chi connectivity index (χ4v) is 4.66. The van der Waals surface area contributed by atoms with Crippen LogP contribution in [0.1, 0.15) is 5.56 Å². The molecule has 1 fully saturated rings. The van der Waals surface area contributed by atoms with Crippen molar-refractivity contribution in [2.24, 2.45) is 0 Å². The van der Waals surface area contributed by atoms with Crippen LogP contribution in [-0.2, 0) is 10.0 Å². The van der Waals surface area contributed by atoms with E-state index in [1.807, 2.05) is 0 Å². The summed E-state index contributed by atoms with van der Waals surface area (Å²) in [6.07, 6.45) is 0. The minimum Gasteiger partial charge on any atom is -0.399 e. The van der Waals surface area contributed by atoms with Crippen molar-refractivity contribution in [2.45, 2.75) is 11.8 Å². The highest BCUT2D eigenvalue weighted by atomic mass is 32.2. The van der Waals surface area contributed by atoms with Crippen LogP contribution in [0.3, 0.4) is 0 Å². The summed E-state index contributed by atoms with van der Waals surface area (Å²) in [5.74, 6) is 1.72. The van der Waals surface area contributed by atoms with Crippen LogP contribution in [0.2, 0.25) is 0 Å². The molecule has 1 aliphatic heterocycles. The van der Waals surface area contributed by atoms with Gasteiger partial charge in [-0.05, 0) is 24.6 Å². The molecule has 17 heavy (non-hydrogen) atoms. The molecule has 0 aromatic heterocycles. The Kier molecular flexibility index (Phi) is 3.65. The first-order valence-corrected chi connectivity index (χ1v) is 8.05. The van der Waals surface area contributed by atoms with Crippen molar-refractivity contribution >= 4 is 27.5 Å². The third-order valence-electron chi connectivity index (χ3n) is 2.80. The zero-order valence-electron chi connectivity index (χ0n) is 9.72. The molecule has 2 N–H and O–H groups in total. The number of nitrogen functional groups attached to an aromatic ring is 1. The number of aryl methyl sites for hydroxylation is 1. The summed E-state index contributed by atoms with van der Waals surface area (Å²) >= 11 is 1.79. The molecule has 0 spiro atoms. The summed E-state index contributed by atoms with van der Waals surface area (Å²) in [6, 6.07) is 5.02. The molecular weight excluding hydrogens is 256 g/mol. The lowest BCUT2D eigenvalue weighted by atomic mass is 10.2. The third kappa shape index (κ3) is 2.59. The van der Waals surface area contributed by atoms with Crippen molar-refractivity contribution < 1.29 is 8.42 Å². The van der Waals surface area contributed by atoms with Gasteiger partial charge in [0.25, 0.3) is 0 Å². The summed E-state index contributed by atoms with van der Waals surface area (Å²) in [4.78, 5) is 0.337. The van der Waals surface area contributed by atoms with Crippen LogP contribution >= 0.6 is 11.8 Å². The number of anilines is 1. The van der Waals surface area contributed by atoms with Gasteiger partial charge in [0.05, 0.1) is 4.90 Å². The summed E-state index contributed by atoms with van der Waals surface area (Å²) in [5, 5.41) is 0. The highest BCUT2D eigenvalue weighted by Crippen LogP contribution is 2.24. The van der Waals surface area contributed by atoms with Crippen molar-refractivity contribution in [2.75, 3.05) is 30.3 Å². The molecule has 94 valence electrons. The topological polar surface area (TPSA) is 63.4 Å². The van der Waals surface area contributed by atoms with E-state index in [-0.39, 0.29) is 0 Å². The number of benzene rings is 1. The summed E-state index contributed by atoms with van der Waals surface area (Å²) < 4.78 is 26.4. The Balaban J connectivity index is 2.40. The molecule has 0 unspecified atom stereocenters. The highest BCUT2D eigenvalue weighted by Gasteiger charge is 2.27. The van der Waals surface area contributed by atoms with E-state index in [2.05, 4.69) is 0 Å². The maximum Gasteiger partial charge on any atom is 0.243 e. The van der Waals surface area contributed by atoms with Crippen molar-refractivity contribution in [3.63, 3.8) is 0 Å². The van der Waals surface area contributed by atoms with Crippen molar-refractivity contribution in [3.05, 3.63) is 23.8 Å². The summed E-state index contributed by atoms with van der Waals surface area (Å²) in [5.41, 5.74) is 6.90. The Morgan fingerprint density at radius 2 is 1.94 bits per heavy atom. The second-order valence-electron chi connectivity index (χ2n) is 4.04. The maximum absolute atomic E-state index is 12.4. The van der Waals surface area contributed by atoms with E-state index in [0.717, 1.165) is 17.1 Å². The molecule has 0 aliphatic carbocycles. The molecule has 0 saturated carbocycles. The molecule has 1 heterocycles. The second-order valence-corrected chi connectivity index (χ2v) is 7.17. The molecule has 0 radical (unpaired) electrons. The molecule has 0 bridgehead atoms. The average molecular weight is 272 g/mol. The van der Waals surface area contributed by atoms with E-state index >= 15 is 0 Å². The lowest BCUT2D eigenvalue weighted by Crippen LogP contribution is -2.38. The van der Waals surface area contributed by atoms with Crippen molar-refractivity contribution in [1.29, 1.82) is 0 Å². The minimum absolute atomic E-state index is 0.337. The first kappa shape index (κ1) is 12.7. The van der Waals surface area contributed by atoms with Crippen molar-refractivity contribution in [1.82, 2.24) is 4.31 Å². The second kappa shape index (κ2) is 4.88. The number of rotatable bonds is 2. The van der Waals surface area contributed by atoms with E-state index in [4.69, 9.17) is 5.73 Å². The highest BCUT2D eigenvalue weighted by molar-refractivity contribution is 7.99. The van der Waals surface area contributed by atoms with Gasteiger partial charge in [-0.25, -0.2) is 8.42 Å². The molecule has 1 aliphatic rings. The first-order valence-electron chi connectivity index (χ1n) is 5.46. The third-order valence-corrected chi connectivity index (χ3v) is 5.78. The fourth-order valence-electron chi connectivity index (χ4n) is 1.82. The van der Waals surface area contributed by atoms with E-state index in [0.29, 0.717) is 23.7 Å². The predicted molar refractivity (Wildman–Crippen MR) is 71.7 cm³/mol. The molecule has 4 nitrogen and oxygen atoms in total. The van der Waals surface area contributed by atoms with Crippen LogP contribution in [0, 0.1) is 6.92 Å².